The van der Waals surface area contributed by atoms with Crippen LogP contribution in [0, 0.1) is 0 Å². The third-order valence-electron chi connectivity index (χ3n) is 4.26. The van der Waals surface area contributed by atoms with E-state index in [4.69, 9.17) is 9.47 Å². The molecule has 3 aromatic rings. The molecule has 1 unspecified atom stereocenters. The summed E-state index contributed by atoms with van der Waals surface area (Å²) in [6, 6.07) is 17.2. The molecule has 0 aliphatic rings. The second kappa shape index (κ2) is 9.84. The van der Waals surface area contributed by atoms with Gasteiger partial charge in [0.25, 0.3) is 5.91 Å². The maximum Gasteiger partial charge on any atom is 0.306 e. The number of methoxy groups -OCH3 is 1. The molecule has 0 saturated heterocycles. The molecule has 7 heteroatoms. The number of nitrogens with zero attached hydrogens (tertiary/aromatic N) is 1. The molecular weight excluding hydrogens is 388 g/mol. The van der Waals surface area contributed by atoms with Crippen molar-refractivity contribution in [1.29, 1.82) is 0 Å². The van der Waals surface area contributed by atoms with Gasteiger partial charge >= 0.3 is 5.97 Å². The van der Waals surface area contributed by atoms with Crippen molar-refractivity contribution in [2.45, 2.75) is 25.9 Å². The second-order valence-corrected chi connectivity index (χ2v) is 7.23. The summed E-state index contributed by atoms with van der Waals surface area (Å²) < 4.78 is 10.4. The van der Waals surface area contributed by atoms with E-state index >= 15 is 0 Å². The van der Waals surface area contributed by atoms with Crippen LogP contribution in [0.4, 0.5) is 5.13 Å². The van der Waals surface area contributed by atoms with Crippen LogP contribution in [0.25, 0.3) is 11.3 Å². The zero-order chi connectivity index (χ0) is 20.6. The van der Waals surface area contributed by atoms with Crippen LogP contribution in [0.3, 0.4) is 0 Å². The van der Waals surface area contributed by atoms with Gasteiger partial charge in [-0.15, -0.1) is 11.3 Å². The molecule has 6 nitrogen and oxygen atoms in total. The van der Waals surface area contributed by atoms with Crippen molar-refractivity contribution in [1.82, 2.24) is 4.98 Å². The van der Waals surface area contributed by atoms with Crippen molar-refractivity contribution < 1.29 is 19.1 Å². The molecule has 1 atom stereocenters. The maximum atomic E-state index is 12.3. The lowest BCUT2D eigenvalue weighted by molar-refractivity contribution is -0.153. The summed E-state index contributed by atoms with van der Waals surface area (Å²) in [4.78, 5) is 28.8. The highest BCUT2D eigenvalue weighted by atomic mass is 32.1. The number of ether oxygens (including phenoxy) is 2. The minimum atomic E-state index is -0.901. The van der Waals surface area contributed by atoms with Crippen LogP contribution >= 0.6 is 11.3 Å². The first-order valence-corrected chi connectivity index (χ1v) is 10.1. The number of amides is 1. The normalized spacial score (nSPS) is 11.5. The number of benzene rings is 2. The van der Waals surface area contributed by atoms with E-state index in [1.165, 1.54) is 11.3 Å². The van der Waals surface area contributed by atoms with Crippen molar-refractivity contribution >= 4 is 28.3 Å². The number of rotatable bonds is 8. The molecule has 1 heterocycles. The van der Waals surface area contributed by atoms with Crippen LogP contribution in [0.15, 0.2) is 60.0 Å². The molecule has 0 aliphatic carbocycles. The fourth-order valence-corrected chi connectivity index (χ4v) is 3.35. The van der Waals surface area contributed by atoms with Crippen LogP contribution in [0.1, 0.15) is 18.9 Å². The Morgan fingerprint density at radius 3 is 2.52 bits per heavy atom. The Labute approximate surface area is 173 Å². The Morgan fingerprint density at radius 1 is 1.10 bits per heavy atom. The summed E-state index contributed by atoms with van der Waals surface area (Å²) in [5, 5.41) is 5.04. The van der Waals surface area contributed by atoms with Crippen LogP contribution in [0.5, 0.6) is 5.75 Å². The minimum Gasteiger partial charge on any atom is -0.497 e. The first kappa shape index (κ1) is 20.5. The summed E-state index contributed by atoms with van der Waals surface area (Å²) in [5.41, 5.74) is 2.76. The zero-order valence-electron chi connectivity index (χ0n) is 16.3. The van der Waals surface area contributed by atoms with Gasteiger partial charge in [0, 0.05) is 17.4 Å². The summed E-state index contributed by atoms with van der Waals surface area (Å²) >= 11 is 1.33. The lowest BCUT2D eigenvalue weighted by Gasteiger charge is -2.12. The van der Waals surface area contributed by atoms with Crippen molar-refractivity contribution in [2.24, 2.45) is 0 Å². The number of carbonyl (C=O) groups excluding carboxylic acids is 2. The van der Waals surface area contributed by atoms with Gasteiger partial charge < -0.3 is 9.47 Å². The van der Waals surface area contributed by atoms with Crippen LogP contribution in [-0.4, -0.2) is 30.1 Å². The molecule has 1 amide bonds. The average Bonchev–Trinajstić information content (AvgIpc) is 3.21. The number of esters is 1. The third-order valence-corrected chi connectivity index (χ3v) is 5.02. The molecule has 150 valence electrons. The van der Waals surface area contributed by atoms with Crippen LogP contribution in [-0.2, 0) is 20.7 Å². The molecule has 0 saturated carbocycles. The van der Waals surface area contributed by atoms with Crippen LogP contribution in [0.2, 0.25) is 0 Å². The number of hydrogen-bond acceptors (Lipinski definition) is 6. The van der Waals surface area contributed by atoms with E-state index in [1.807, 2.05) is 60.0 Å². The second-order valence-electron chi connectivity index (χ2n) is 6.37. The topological polar surface area (TPSA) is 77.5 Å². The van der Waals surface area contributed by atoms with Crippen LogP contribution < -0.4 is 10.1 Å². The predicted molar refractivity (Wildman–Crippen MR) is 113 cm³/mol. The van der Waals surface area contributed by atoms with E-state index in [-0.39, 0.29) is 6.42 Å². The van der Waals surface area contributed by atoms with Crippen molar-refractivity contribution in [3.05, 3.63) is 65.5 Å². The van der Waals surface area contributed by atoms with Gasteiger partial charge in [-0.1, -0.05) is 42.5 Å². The number of anilines is 1. The summed E-state index contributed by atoms with van der Waals surface area (Å²) in [5.74, 6) is -0.0661. The van der Waals surface area contributed by atoms with E-state index < -0.39 is 18.0 Å². The molecule has 0 spiro atoms. The SMILES string of the molecule is COc1ccc(CCC(=O)OC(C)C(=O)Nc2nc(-c3ccccc3)cs2)cc1. The highest BCUT2D eigenvalue weighted by Crippen LogP contribution is 2.24. The number of aromatic nitrogens is 1. The minimum absolute atomic E-state index is 0.194. The van der Waals surface area contributed by atoms with Crippen molar-refractivity contribution in [3.8, 4) is 17.0 Å². The molecule has 0 aliphatic heterocycles. The highest BCUT2D eigenvalue weighted by Gasteiger charge is 2.19. The Balaban J connectivity index is 1.47. The molecule has 0 radical (unpaired) electrons. The zero-order valence-corrected chi connectivity index (χ0v) is 17.1. The van der Waals surface area contributed by atoms with Crippen molar-refractivity contribution in [3.63, 3.8) is 0 Å². The lowest BCUT2D eigenvalue weighted by atomic mass is 10.1. The summed E-state index contributed by atoms with van der Waals surface area (Å²) in [7, 11) is 1.60. The summed E-state index contributed by atoms with van der Waals surface area (Å²) in [6.45, 7) is 1.55. The van der Waals surface area contributed by atoms with E-state index in [2.05, 4.69) is 10.3 Å². The van der Waals surface area contributed by atoms with E-state index in [1.54, 1.807) is 14.0 Å². The van der Waals surface area contributed by atoms with Gasteiger partial charge in [0.05, 0.1) is 12.8 Å². The highest BCUT2D eigenvalue weighted by molar-refractivity contribution is 7.14. The fourth-order valence-electron chi connectivity index (χ4n) is 2.63. The molecule has 3 rings (SSSR count). The molecule has 2 aromatic carbocycles. The molecule has 29 heavy (non-hydrogen) atoms. The number of nitrogens with one attached hydrogen (secondary N) is 1. The molecule has 0 fully saturated rings. The lowest BCUT2D eigenvalue weighted by Crippen LogP contribution is -2.30. The molecule has 1 N–H and O–H groups in total. The number of aryl methyl sites for hydroxylation is 1. The van der Waals surface area contributed by atoms with E-state index in [0.29, 0.717) is 11.6 Å². The Hall–Kier alpha value is -3.19. The van der Waals surface area contributed by atoms with E-state index in [0.717, 1.165) is 22.6 Å². The standard InChI is InChI=1S/C22H22N2O4S/c1-15(28-20(25)13-10-16-8-11-18(27-2)12-9-16)21(26)24-22-23-19(14-29-22)17-6-4-3-5-7-17/h3-9,11-12,14-15H,10,13H2,1-2H3,(H,23,24,26). The Kier molecular flexibility index (Phi) is 6.97. The summed E-state index contributed by atoms with van der Waals surface area (Å²) in [6.07, 6.45) is -0.175. The first-order valence-electron chi connectivity index (χ1n) is 9.19. The Bertz CT molecular complexity index is 954. The van der Waals surface area contributed by atoms with Gasteiger partial charge in [-0.2, -0.15) is 0 Å². The largest absolute Gasteiger partial charge is 0.497 e. The average molecular weight is 410 g/mol. The smallest absolute Gasteiger partial charge is 0.306 e. The van der Waals surface area contributed by atoms with Gasteiger partial charge in [0.2, 0.25) is 0 Å². The molecular formula is C22H22N2O4S. The van der Waals surface area contributed by atoms with Gasteiger partial charge in [0.1, 0.15) is 5.75 Å². The maximum absolute atomic E-state index is 12.3. The van der Waals surface area contributed by atoms with Gasteiger partial charge in [-0.25, -0.2) is 4.98 Å². The molecule has 1 aromatic heterocycles. The van der Waals surface area contributed by atoms with Gasteiger partial charge in [0.15, 0.2) is 11.2 Å². The Morgan fingerprint density at radius 2 is 1.83 bits per heavy atom. The monoisotopic (exact) mass is 410 g/mol. The quantitative estimate of drug-likeness (QED) is 0.560. The number of thiazole rings is 1. The fraction of sp³-hybridized carbons (Fsp3) is 0.227. The number of carbonyl (C=O) groups is 2. The van der Waals surface area contributed by atoms with Gasteiger partial charge in [-0.05, 0) is 31.0 Å². The molecule has 0 bridgehead atoms. The third kappa shape index (κ3) is 5.89. The number of hydrogen-bond donors (Lipinski definition) is 1. The predicted octanol–water partition coefficient (Wildman–Crippen LogP) is 4.32. The van der Waals surface area contributed by atoms with Crippen molar-refractivity contribution in [2.75, 3.05) is 12.4 Å². The van der Waals surface area contributed by atoms with E-state index in [9.17, 15) is 9.59 Å². The van der Waals surface area contributed by atoms with Gasteiger partial charge in [-0.3, -0.25) is 14.9 Å². The first-order chi connectivity index (χ1) is 14.0.